The van der Waals surface area contributed by atoms with Crippen LogP contribution in [-0.4, -0.2) is 46.3 Å². The minimum atomic E-state index is -4.64. The first kappa shape index (κ1) is 27.3. The second kappa shape index (κ2) is 17.5. The zero-order valence-electron chi connectivity index (χ0n) is 17.3. The molecule has 0 aliphatic heterocycles. The molecule has 3 N–H and O–H groups in total. The van der Waals surface area contributed by atoms with E-state index in [1.165, 1.54) is 101 Å². The van der Waals surface area contributed by atoms with Gasteiger partial charge in [-0.05, 0) is 25.7 Å². The smallest absolute Gasteiger partial charge is 0.328 e. The third-order valence-corrected chi connectivity index (χ3v) is 4.48. The van der Waals surface area contributed by atoms with E-state index < -0.39 is 7.82 Å². The Morgan fingerprint density at radius 2 is 0.840 bits per heavy atom. The van der Waals surface area contributed by atoms with Gasteiger partial charge in [0.25, 0.3) is 0 Å². The minimum absolute atomic E-state index is 1.24. The summed E-state index contributed by atoms with van der Waals surface area (Å²) in [4.78, 5) is 21.6. The summed E-state index contributed by atoms with van der Waals surface area (Å²) < 4.78 is 10.1. The van der Waals surface area contributed by atoms with Crippen molar-refractivity contribution in [2.45, 2.75) is 97.3 Å². The number of rotatable bonds is 15. The average Bonchev–Trinajstić information content (AvgIpc) is 2.48. The highest BCUT2D eigenvalue weighted by atomic mass is 31.2. The summed E-state index contributed by atoms with van der Waals surface area (Å²) in [5.74, 6) is 0. The van der Waals surface area contributed by atoms with Gasteiger partial charge in [0, 0.05) is 0 Å². The number of hydrogen-bond donors (Lipinski definition) is 3. The third-order valence-electron chi connectivity index (χ3n) is 4.48. The molecule has 0 unspecified atom stereocenters. The van der Waals surface area contributed by atoms with E-state index in [9.17, 15) is 0 Å². The maximum absolute atomic E-state index is 8.88. The van der Waals surface area contributed by atoms with Crippen LogP contribution in [0.25, 0.3) is 0 Å². The molecule has 0 aromatic carbocycles. The first-order valence-corrected chi connectivity index (χ1v) is 11.8. The molecule has 0 aliphatic rings. The van der Waals surface area contributed by atoms with Gasteiger partial charge >= 0.3 is 7.82 Å². The Kier molecular flexibility index (Phi) is 19.1. The zero-order chi connectivity index (χ0) is 19.6. The molecule has 0 amide bonds. The van der Waals surface area contributed by atoms with Crippen LogP contribution < -0.4 is 0 Å². The highest BCUT2D eigenvalue weighted by Gasteiger charge is 2.13. The molecular formula is C19H45NO4P+. The van der Waals surface area contributed by atoms with Crippen LogP contribution in [-0.2, 0) is 4.57 Å². The summed E-state index contributed by atoms with van der Waals surface area (Å²) in [6, 6.07) is 0. The third kappa shape index (κ3) is 32.2. The topological polar surface area (TPSA) is 77.8 Å². The maximum atomic E-state index is 8.88. The van der Waals surface area contributed by atoms with Gasteiger partial charge in [-0.1, -0.05) is 71.6 Å². The molecule has 0 fully saturated rings. The Labute approximate surface area is 156 Å². The lowest BCUT2D eigenvalue weighted by Gasteiger charge is -2.30. The van der Waals surface area contributed by atoms with Gasteiger partial charge in [0.05, 0.1) is 27.2 Å². The predicted octanol–water partition coefficient (Wildman–Crippen LogP) is 5.25. The van der Waals surface area contributed by atoms with E-state index in [1.807, 2.05) is 0 Å². The molecule has 0 spiro atoms. The van der Waals surface area contributed by atoms with Crippen molar-refractivity contribution in [3.05, 3.63) is 0 Å². The molecule has 0 radical (unpaired) electrons. The second-order valence-electron chi connectivity index (χ2n) is 7.79. The monoisotopic (exact) mass is 382 g/mol. The van der Waals surface area contributed by atoms with Crippen LogP contribution >= 0.6 is 7.82 Å². The molecular weight excluding hydrogens is 337 g/mol. The van der Waals surface area contributed by atoms with Gasteiger partial charge in [0.2, 0.25) is 0 Å². The summed E-state index contributed by atoms with van der Waals surface area (Å²) in [7, 11) is 0.188. The lowest BCUT2D eigenvalue weighted by Crippen LogP contribution is -2.41. The molecule has 0 bridgehead atoms. The molecule has 0 atom stereocenters. The molecule has 5 nitrogen and oxygen atoms in total. The number of phosphoric acid groups is 1. The molecule has 154 valence electrons. The lowest BCUT2D eigenvalue weighted by molar-refractivity contribution is -0.890. The van der Waals surface area contributed by atoms with Gasteiger partial charge in [0.1, 0.15) is 0 Å². The fourth-order valence-electron chi connectivity index (χ4n) is 2.93. The van der Waals surface area contributed by atoms with Gasteiger partial charge < -0.3 is 19.2 Å². The maximum Gasteiger partial charge on any atom is 0.466 e. The van der Waals surface area contributed by atoms with Gasteiger partial charge in [0.15, 0.2) is 0 Å². The molecule has 25 heavy (non-hydrogen) atoms. The van der Waals surface area contributed by atoms with Crippen molar-refractivity contribution in [2.24, 2.45) is 0 Å². The van der Waals surface area contributed by atoms with Crippen molar-refractivity contribution in [3.63, 3.8) is 0 Å². The first-order chi connectivity index (χ1) is 11.6. The summed E-state index contributed by atoms with van der Waals surface area (Å²) in [5, 5.41) is 0. The molecule has 0 saturated carbocycles. The highest BCUT2D eigenvalue weighted by Crippen LogP contribution is 2.25. The van der Waals surface area contributed by atoms with Gasteiger partial charge in [-0.2, -0.15) is 0 Å². The number of nitrogens with zero attached hydrogens (tertiary/aromatic N) is 1. The van der Waals surface area contributed by atoms with Crippen LogP contribution in [0.5, 0.6) is 0 Å². The Morgan fingerprint density at radius 3 is 1.16 bits per heavy atom. The average molecular weight is 383 g/mol. The number of unbranched alkanes of at least 4 members (excludes halogenated alkanes) is 11. The fraction of sp³-hybridized carbons (Fsp3) is 1.00. The van der Waals surface area contributed by atoms with E-state index in [1.54, 1.807) is 0 Å². The molecule has 0 aromatic rings. The summed E-state index contributed by atoms with van der Waals surface area (Å²) in [6.07, 6.45) is 18.6. The quantitative estimate of drug-likeness (QED) is 0.205. The van der Waals surface area contributed by atoms with Gasteiger partial charge in [-0.25, -0.2) is 4.57 Å². The second-order valence-corrected chi connectivity index (χ2v) is 8.81. The number of quaternary nitrogens is 1. The largest absolute Gasteiger partial charge is 0.466 e. The molecule has 0 saturated heterocycles. The van der Waals surface area contributed by atoms with Crippen molar-refractivity contribution < 1.29 is 23.7 Å². The van der Waals surface area contributed by atoms with Crippen molar-refractivity contribution in [1.29, 1.82) is 0 Å². The zero-order valence-corrected chi connectivity index (χ0v) is 18.1. The van der Waals surface area contributed by atoms with Crippen LogP contribution in [0.2, 0.25) is 0 Å². The molecule has 0 rings (SSSR count). The first-order valence-electron chi connectivity index (χ1n) is 10.2. The van der Waals surface area contributed by atoms with Crippen LogP contribution in [0, 0.1) is 0 Å². The van der Waals surface area contributed by atoms with E-state index >= 15 is 0 Å². The predicted molar refractivity (Wildman–Crippen MR) is 107 cm³/mol. The van der Waals surface area contributed by atoms with Crippen molar-refractivity contribution >= 4 is 7.82 Å². The summed E-state index contributed by atoms with van der Waals surface area (Å²) in [5.41, 5.74) is 0. The fourth-order valence-corrected chi connectivity index (χ4v) is 2.93. The van der Waals surface area contributed by atoms with E-state index in [4.69, 9.17) is 19.2 Å². The standard InChI is InChI=1S/C19H42N.H3O4P/c1-5-7-9-11-12-13-14-15-17-19-20(3,4)18-16-10-8-6-2;1-5(2,3)4/h5-19H2,1-4H3;(H3,1,2,3,4)/q+1;. The van der Waals surface area contributed by atoms with Crippen LogP contribution in [0.3, 0.4) is 0 Å². The van der Waals surface area contributed by atoms with Crippen molar-refractivity contribution in [3.8, 4) is 0 Å². The van der Waals surface area contributed by atoms with E-state index in [0.29, 0.717) is 0 Å². The minimum Gasteiger partial charge on any atom is -0.328 e. The van der Waals surface area contributed by atoms with Gasteiger partial charge in [-0.15, -0.1) is 0 Å². The van der Waals surface area contributed by atoms with Crippen molar-refractivity contribution in [2.75, 3.05) is 27.2 Å². The Bertz CT molecular complexity index is 310. The SMILES string of the molecule is CCCCCCCCCCC[N+](C)(C)CCCCCC.O=P(O)(O)O. The molecule has 0 aromatic heterocycles. The van der Waals surface area contributed by atoms with E-state index in [0.717, 1.165) is 0 Å². The summed E-state index contributed by atoms with van der Waals surface area (Å²) >= 11 is 0. The van der Waals surface area contributed by atoms with E-state index in [-0.39, 0.29) is 0 Å². The van der Waals surface area contributed by atoms with E-state index in [2.05, 4.69) is 27.9 Å². The lowest BCUT2D eigenvalue weighted by atomic mass is 10.1. The number of hydrogen-bond acceptors (Lipinski definition) is 1. The van der Waals surface area contributed by atoms with Crippen LogP contribution in [0.4, 0.5) is 0 Å². The normalized spacial score (nSPS) is 12.0. The molecule has 0 heterocycles. The molecule has 0 aliphatic carbocycles. The molecule has 6 heteroatoms. The Balaban J connectivity index is 0. The van der Waals surface area contributed by atoms with Gasteiger partial charge in [-0.3, -0.25) is 0 Å². The van der Waals surface area contributed by atoms with Crippen LogP contribution in [0.15, 0.2) is 0 Å². The summed E-state index contributed by atoms with van der Waals surface area (Å²) in [6.45, 7) is 7.34. The van der Waals surface area contributed by atoms with Crippen molar-refractivity contribution in [1.82, 2.24) is 0 Å². The highest BCUT2D eigenvalue weighted by molar-refractivity contribution is 7.45. The van der Waals surface area contributed by atoms with Crippen LogP contribution in [0.1, 0.15) is 97.3 Å². The Morgan fingerprint density at radius 1 is 0.600 bits per heavy atom. The Hall–Kier alpha value is 0.0700.